The van der Waals surface area contributed by atoms with Crippen LogP contribution in [0.4, 0.5) is 5.95 Å². The Morgan fingerprint density at radius 2 is 2.35 bits per heavy atom. The minimum atomic E-state index is 0.293. The van der Waals surface area contributed by atoms with E-state index >= 15 is 0 Å². The van der Waals surface area contributed by atoms with Crippen LogP contribution in [0.3, 0.4) is 0 Å². The quantitative estimate of drug-likeness (QED) is 0.928. The van der Waals surface area contributed by atoms with Crippen LogP contribution in [0.5, 0.6) is 0 Å². The summed E-state index contributed by atoms with van der Waals surface area (Å²) in [5, 5.41) is 0.582. The van der Waals surface area contributed by atoms with Crippen LogP contribution in [0.25, 0.3) is 11.2 Å². The number of hydrogen-bond acceptors (Lipinski definition) is 4. The molecule has 2 heterocycles. The van der Waals surface area contributed by atoms with Gasteiger partial charge in [0.1, 0.15) is 5.52 Å². The molecule has 0 bridgehead atoms. The normalized spacial score (nSPS) is 13.1. The molecule has 17 heavy (non-hydrogen) atoms. The fraction of sp³-hybridized carbons (Fsp3) is 0.455. The summed E-state index contributed by atoms with van der Waals surface area (Å²) in [5.74, 6) is 1.59. The summed E-state index contributed by atoms with van der Waals surface area (Å²) in [7, 11) is 0. The van der Waals surface area contributed by atoms with Crippen LogP contribution in [-0.2, 0) is 0 Å². The first kappa shape index (κ1) is 12.5. The first-order chi connectivity index (χ1) is 8.13. The molecule has 0 saturated carbocycles. The number of imidazole rings is 1. The fourth-order valence-corrected chi connectivity index (χ4v) is 2.56. The van der Waals surface area contributed by atoms with Gasteiger partial charge in [-0.05, 0) is 31.4 Å². The molecule has 0 spiro atoms. The van der Waals surface area contributed by atoms with Gasteiger partial charge in [-0.1, -0.05) is 11.6 Å². The molecule has 0 aromatic carbocycles. The molecule has 0 fully saturated rings. The zero-order chi connectivity index (χ0) is 12.4. The minimum Gasteiger partial charge on any atom is -0.369 e. The Morgan fingerprint density at radius 3 is 3.06 bits per heavy atom. The summed E-state index contributed by atoms with van der Waals surface area (Å²) in [6.07, 6.45) is 4.77. The van der Waals surface area contributed by atoms with Crippen molar-refractivity contribution in [2.75, 3.05) is 17.7 Å². The van der Waals surface area contributed by atoms with Crippen molar-refractivity contribution in [2.45, 2.75) is 19.4 Å². The van der Waals surface area contributed by atoms with Crippen molar-refractivity contribution in [3.8, 4) is 0 Å². The molecule has 1 unspecified atom stereocenters. The second kappa shape index (κ2) is 5.14. The molecule has 0 aliphatic heterocycles. The van der Waals surface area contributed by atoms with Crippen molar-refractivity contribution in [1.82, 2.24) is 14.5 Å². The van der Waals surface area contributed by atoms with E-state index < -0.39 is 0 Å². The van der Waals surface area contributed by atoms with E-state index in [2.05, 4.69) is 23.1 Å². The second-order valence-electron chi connectivity index (χ2n) is 3.97. The Morgan fingerprint density at radius 1 is 1.59 bits per heavy atom. The predicted octanol–water partition coefficient (Wildman–Crippen LogP) is 2.98. The largest absolute Gasteiger partial charge is 0.369 e. The molecule has 4 nitrogen and oxygen atoms in total. The molecular formula is C11H15ClN4S. The summed E-state index contributed by atoms with van der Waals surface area (Å²) in [4.78, 5) is 8.60. The number of fused-ring (bicyclic) bond motifs is 1. The highest BCUT2D eigenvalue weighted by Crippen LogP contribution is 2.25. The molecule has 0 aliphatic carbocycles. The van der Waals surface area contributed by atoms with Gasteiger partial charge in [0.2, 0.25) is 5.95 Å². The zero-order valence-electron chi connectivity index (χ0n) is 9.85. The molecule has 2 aromatic rings. The Balaban J connectivity index is 2.42. The van der Waals surface area contributed by atoms with Gasteiger partial charge in [-0.25, -0.2) is 9.97 Å². The first-order valence-corrected chi connectivity index (χ1v) is 7.18. The molecule has 2 N–H and O–H groups in total. The number of hydrogen-bond donors (Lipinski definition) is 1. The lowest BCUT2D eigenvalue weighted by Gasteiger charge is -2.14. The van der Waals surface area contributed by atoms with Gasteiger partial charge in [-0.3, -0.25) is 4.57 Å². The topological polar surface area (TPSA) is 56.7 Å². The summed E-state index contributed by atoms with van der Waals surface area (Å²) >= 11 is 7.71. The number of nitrogen functional groups attached to an aromatic ring is 1. The number of nitrogens with zero attached hydrogens (tertiary/aromatic N) is 3. The van der Waals surface area contributed by atoms with E-state index in [4.69, 9.17) is 17.3 Å². The highest BCUT2D eigenvalue weighted by Gasteiger charge is 2.14. The minimum absolute atomic E-state index is 0.293. The third kappa shape index (κ3) is 2.50. The van der Waals surface area contributed by atoms with Crippen LogP contribution < -0.4 is 5.73 Å². The summed E-state index contributed by atoms with van der Waals surface area (Å²) in [6, 6.07) is 2.08. The van der Waals surface area contributed by atoms with Gasteiger partial charge >= 0.3 is 0 Å². The third-order valence-electron chi connectivity index (χ3n) is 2.70. The molecule has 0 saturated heterocycles. The average Bonchev–Trinajstić information content (AvgIpc) is 2.61. The third-order valence-corrected chi connectivity index (χ3v) is 3.56. The van der Waals surface area contributed by atoms with E-state index in [9.17, 15) is 0 Å². The highest BCUT2D eigenvalue weighted by atomic mass is 35.5. The smallest absolute Gasteiger partial charge is 0.202 e. The van der Waals surface area contributed by atoms with Crippen molar-refractivity contribution in [2.24, 2.45) is 0 Å². The Hall–Kier alpha value is -0.940. The molecule has 0 aliphatic rings. The van der Waals surface area contributed by atoms with E-state index in [1.165, 1.54) is 0 Å². The highest BCUT2D eigenvalue weighted by molar-refractivity contribution is 7.98. The number of thioether (sulfide) groups is 1. The lowest BCUT2D eigenvalue weighted by atomic mass is 10.2. The molecule has 92 valence electrons. The van der Waals surface area contributed by atoms with Crippen LogP contribution in [0.15, 0.2) is 12.3 Å². The molecule has 0 radical (unpaired) electrons. The van der Waals surface area contributed by atoms with Crippen molar-refractivity contribution in [3.05, 3.63) is 17.3 Å². The van der Waals surface area contributed by atoms with Crippen molar-refractivity contribution in [3.63, 3.8) is 0 Å². The van der Waals surface area contributed by atoms with Crippen LogP contribution in [0.1, 0.15) is 19.4 Å². The Bertz CT molecular complexity index is 525. The van der Waals surface area contributed by atoms with Gasteiger partial charge in [0.05, 0.1) is 5.02 Å². The lowest BCUT2D eigenvalue weighted by molar-refractivity contribution is 0.553. The maximum absolute atomic E-state index is 5.94. The lowest BCUT2D eigenvalue weighted by Crippen LogP contribution is -2.10. The van der Waals surface area contributed by atoms with Gasteiger partial charge in [-0.2, -0.15) is 11.8 Å². The number of rotatable bonds is 4. The molecule has 2 rings (SSSR count). The van der Waals surface area contributed by atoms with Crippen molar-refractivity contribution < 1.29 is 0 Å². The van der Waals surface area contributed by atoms with E-state index in [1.54, 1.807) is 12.3 Å². The number of nitrogens with two attached hydrogens (primary N) is 1. The van der Waals surface area contributed by atoms with Gasteiger partial charge in [0.15, 0.2) is 5.65 Å². The average molecular weight is 271 g/mol. The molecular weight excluding hydrogens is 256 g/mol. The summed E-state index contributed by atoms with van der Waals surface area (Å²) in [5.41, 5.74) is 7.50. The molecule has 1 atom stereocenters. The molecule has 0 amide bonds. The van der Waals surface area contributed by atoms with E-state index in [0.717, 1.165) is 23.3 Å². The molecule has 2 aromatic heterocycles. The van der Waals surface area contributed by atoms with Crippen LogP contribution >= 0.6 is 23.4 Å². The van der Waals surface area contributed by atoms with E-state index in [1.807, 2.05) is 16.3 Å². The van der Waals surface area contributed by atoms with Gasteiger partial charge in [0.25, 0.3) is 0 Å². The monoisotopic (exact) mass is 270 g/mol. The van der Waals surface area contributed by atoms with E-state index in [0.29, 0.717) is 17.0 Å². The van der Waals surface area contributed by atoms with Crippen molar-refractivity contribution >= 4 is 40.5 Å². The van der Waals surface area contributed by atoms with Crippen LogP contribution in [0, 0.1) is 0 Å². The zero-order valence-corrected chi connectivity index (χ0v) is 11.4. The predicted molar refractivity (Wildman–Crippen MR) is 74.7 cm³/mol. The standard InChI is InChI=1S/C11H15ClN4S/c1-7(3-4-17-2)16-10-9(15-11(16)13)5-8(12)6-14-10/h5-7H,3-4H2,1-2H3,(H2,13,15). The SMILES string of the molecule is CSCCC(C)n1c(N)nc2cc(Cl)cnc21. The van der Waals surface area contributed by atoms with E-state index in [-0.39, 0.29) is 0 Å². The fourth-order valence-electron chi connectivity index (χ4n) is 1.83. The van der Waals surface area contributed by atoms with Crippen molar-refractivity contribution in [1.29, 1.82) is 0 Å². The van der Waals surface area contributed by atoms with Gasteiger partial charge in [-0.15, -0.1) is 0 Å². The maximum atomic E-state index is 5.94. The number of anilines is 1. The van der Waals surface area contributed by atoms with Crippen LogP contribution in [0.2, 0.25) is 5.02 Å². The number of aromatic nitrogens is 3. The Labute approximate surface area is 110 Å². The van der Waals surface area contributed by atoms with Gasteiger partial charge in [0, 0.05) is 12.2 Å². The van der Waals surface area contributed by atoms with Gasteiger partial charge < -0.3 is 5.73 Å². The first-order valence-electron chi connectivity index (χ1n) is 5.41. The maximum Gasteiger partial charge on any atom is 0.202 e. The number of halogens is 1. The molecule has 6 heteroatoms. The summed E-state index contributed by atoms with van der Waals surface area (Å²) in [6.45, 7) is 2.13. The Kier molecular flexibility index (Phi) is 3.79. The number of pyridine rings is 1. The summed E-state index contributed by atoms with van der Waals surface area (Å²) < 4.78 is 1.97. The second-order valence-corrected chi connectivity index (χ2v) is 5.39. The van der Waals surface area contributed by atoms with Crippen LogP contribution in [-0.4, -0.2) is 26.5 Å².